The molecule has 0 aliphatic heterocycles. The lowest BCUT2D eigenvalue weighted by Crippen LogP contribution is -2.42. The number of aliphatic carboxylic acids is 2. The molecule has 0 radical (unpaired) electrons. The number of hydrogen-bond acceptors (Lipinski definition) is 4. The highest BCUT2D eigenvalue weighted by molar-refractivity contribution is 5.83. The Kier molecular flexibility index (Phi) is 11.7. The van der Waals surface area contributed by atoms with E-state index in [1.54, 1.807) is 0 Å². The molecule has 26 heavy (non-hydrogen) atoms. The van der Waals surface area contributed by atoms with Gasteiger partial charge in [0.2, 0.25) is 5.91 Å². The molecule has 0 fully saturated rings. The van der Waals surface area contributed by atoms with E-state index in [9.17, 15) is 14.4 Å². The van der Waals surface area contributed by atoms with Crippen LogP contribution in [0.3, 0.4) is 0 Å². The first kappa shape index (κ1) is 23.6. The summed E-state index contributed by atoms with van der Waals surface area (Å²) < 4.78 is 0. The van der Waals surface area contributed by atoms with Crippen molar-refractivity contribution < 1.29 is 24.6 Å². The normalized spacial score (nSPS) is 12.5. The van der Waals surface area contributed by atoms with Crippen molar-refractivity contribution in [2.75, 3.05) is 0 Å². The molecule has 1 aromatic rings. The topological polar surface area (TPSA) is 130 Å². The van der Waals surface area contributed by atoms with E-state index >= 15 is 0 Å². The minimum Gasteiger partial charge on any atom is -0.480 e. The van der Waals surface area contributed by atoms with Gasteiger partial charge < -0.3 is 21.3 Å². The number of carboxylic acid groups (broad SMARTS) is 2. The van der Waals surface area contributed by atoms with E-state index in [4.69, 9.17) is 15.9 Å². The summed E-state index contributed by atoms with van der Waals surface area (Å²) in [5.74, 6) is -1.91. The Morgan fingerprint density at radius 1 is 1.08 bits per heavy atom. The zero-order valence-electron chi connectivity index (χ0n) is 15.6. The van der Waals surface area contributed by atoms with Gasteiger partial charge in [-0.25, -0.2) is 4.79 Å². The molecule has 0 aliphatic rings. The van der Waals surface area contributed by atoms with Crippen LogP contribution in [0.2, 0.25) is 0 Å². The third-order valence-corrected chi connectivity index (χ3v) is 3.43. The Morgan fingerprint density at radius 3 is 2.04 bits per heavy atom. The third-order valence-electron chi connectivity index (χ3n) is 3.43. The molecular weight excluding hydrogens is 336 g/mol. The Balaban J connectivity index is 0.000000660. The fourth-order valence-corrected chi connectivity index (χ4v) is 2.11. The first-order chi connectivity index (χ1) is 12.2. The number of rotatable bonds is 9. The maximum absolute atomic E-state index is 11.6. The summed E-state index contributed by atoms with van der Waals surface area (Å²) in [5.41, 5.74) is 6.03. The minimum atomic E-state index is -1.00. The van der Waals surface area contributed by atoms with Crippen LogP contribution in [0.4, 0.5) is 0 Å². The van der Waals surface area contributed by atoms with Gasteiger partial charge in [-0.3, -0.25) is 9.59 Å². The molecule has 5 N–H and O–H groups in total. The van der Waals surface area contributed by atoms with Gasteiger partial charge in [-0.15, -0.1) is 0 Å². The molecule has 0 bridgehead atoms. The van der Waals surface area contributed by atoms with Gasteiger partial charge in [0.05, 0.1) is 0 Å². The molecule has 1 aromatic carbocycles. The molecule has 0 saturated heterocycles. The lowest BCUT2D eigenvalue weighted by Gasteiger charge is -2.15. The summed E-state index contributed by atoms with van der Waals surface area (Å²) in [4.78, 5) is 32.7. The van der Waals surface area contributed by atoms with Crippen LogP contribution < -0.4 is 11.1 Å². The van der Waals surface area contributed by atoms with E-state index in [0.717, 1.165) is 12.0 Å². The second kappa shape index (κ2) is 12.9. The van der Waals surface area contributed by atoms with Gasteiger partial charge in [0.15, 0.2) is 0 Å². The quantitative estimate of drug-likeness (QED) is 0.529. The van der Waals surface area contributed by atoms with Crippen molar-refractivity contribution in [2.45, 2.75) is 58.5 Å². The molecule has 0 aromatic heterocycles. The van der Waals surface area contributed by atoms with Crippen LogP contribution in [-0.4, -0.2) is 40.1 Å². The van der Waals surface area contributed by atoms with Crippen molar-refractivity contribution in [2.24, 2.45) is 11.7 Å². The number of benzene rings is 1. The lowest BCUT2D eigenvalue weighted by atomic mass is 10.1. The average Bonchev–Trinajstić information content (AvgIpc) is 2.55. The molecule has 0 heterocycles. The van der Waals surface area contributed by atoms with Crippen LogP contribution in [0, 0.1) is 5.92 Å². The van der Waals surface area contributed by atoms with Gasteiger partial charge in [0.1, 0.15) is 12.1 Å². The van der Waals surface area contributed by atoms with Crippen molar-refractivity contribution in [3.05, 3.63) is 35.9 Å². The summed E-state index contributed by atoms with van der Waals surface area (Å²) in [5, 5.41) is 19.8. The minimum absolute atomic E-state index is 0.215. The van der Waals surface area contributed by atoms with E-state index in [1.807, 2.05) is 51.1 Å². The first-order valence-electron chi connectivity index (χ1n) is 8.71. The van der Waals surface area contributed by atoms with Crippen LogP contribution in [0.1, 0.15) is 45.6 Å². The predicted molar refractivity (Wildman–Crippen MR) is 99.7 cm³/mol. The highest BCUT2D eigenvalue weighted by Gasteiger charge is 2.20. The average molecular weight is 366 g/mol. The Bertz CT molecular complexity index is 560. The zero-order chi connectivity index (χ0) is 20.1. The second-order valence-electron chi connectivity index (χ2n) is 6.48. The Labute approximate surface area is 154 Å². The number of carbonyl (C=O) groups is 3. The third kappa shape index (κ3) is 11.2. The maximum atomic E-state index is 11.6. The van der Waals surface area contributed by atoms with Crippen LogP contribution in [0.5, 0.6) is 0 Å². The molecular formula is C19H30N2O5. The summed E-state index contributed by atoms with van der Waals surface area (Å²) in [6, 6.07) is 7.75. The monoisotopic (exact) mass is 366 g/mol. The van der Waals surface area contributed by atoms with E-state index in [2.05, 4.69) is 5.32 Å². The van der Waals surface area contributed by atoms with E-state index < -0.39 is 24.0 Å². The van der Waals surface area contributed by atoms with E-state index in [0.29, 0.717) is 19.3 Å². The maximum Gasteiger partial charge on any atom is 0.326 e. The highest BCUT2D eigenvalue weighted by atomic mass is 16.4. The van der Waals surface area contributed by atoms with Crippen molar-refractivity contribution in [3.63, 3.8) is 0 Å². The van der Waals surface area contributed by atoms with Gasteiger partial charge >= 0.3 is 11.9 Å². The lowest BCUT2D eigenvalue weighted by molar-refractivity contribution is -0.142. The van der Waals surface area contributed by atoms with Gasteiger partial charge in [-0.05, 0) is 17.9 Å². The molecule has 1 rings (SSSR count). The summed E-state index contributed by atoms with van der Waals surface area (Å²) in [6.07, 6.45) is 2.04. The van der Waals surface area contributed by atoms with Crippen LogP contribution in [-0.2, 0) is 20.8 Å². The fraction of sp³-hybridized carbons (Fsp3) is 0.526. The number of carboxylic acids is 2. The van der Waals surface area contributed by atoms with Crippen molar-refractivity contribution >= 4 is 17.8 Å². The number of nitrogens with two attached hydrogens (primary N) is 1. The Hall–Kier alpha value is -2.41. The van der Waals surface area contributed by atoms with Gasteiger partial charge in [-0.2, -0.15) is 0 Å². The standard InChI is InChI=1S/C14H19NO3.C5H11NO2/c1-10(2)8-13(16)15-12(14(17)18)9-11-6-4-3-5-7-11;1-2-3-4(6)5(7)8/h3-7,10,12H,8-9H2,1-2H3,(H,15,16)(H,17,18);4H,2-3,6H2,1H3,(H,7,8)/t12-;4-/m00/s1. The second-order valence-corrected chi connectivity index (χ2v) is 6.48. The summed E-state index contributed by atoms with van der Waals surface area (Å²) >= 11 is 0. The SMILES string of the molecule is CC(C)CC(=O)N[C@@H](Cc1ccccc1)C(=O)O.CCC[C@H](N)C(=O)O. The highest BCUT2D eigenvalue weighted by Crippen LogP contribution is 2.05. The van der Waals surface area contributed by atoms with Crippen molar-refractivity contribution in [1.29, 1.82) is 0 Å². The van der Waals surface area contributed by atoms with E-state index in [-0.39, 0.29) is 11.8 Å². The fourth-order valence-electron chi connectivity index (χ4n) is 2.11. The van der Waals surface area contributed by atoms with Gasteiger partial charge in [-0.1, -0.05) is 57.5 Å². The molecule has 1 amide bonds. The molecule has 2 atom stereocenters. The molecule has 0 aliphatic carbocycles. The smallest absolute Gasteiger partial charge is 0.326 e. The van der Waals surface area contributed by atoms with Gasteiger partial charge in [0.25, 0.3) is 0 Å². The molecule has 7 heteroatoms. The summed E-state index contributed by atoms with van der Waals surface area (Å²) in [7, 11) is 0. The molecule has 146 valence electrons. The zero-order valence-corrected chi connectivity index (χ0v) is 15.6. The number of amides is 1. The molecule has 0 saturated carbocycles. The number of carbonyl (C=O) groups excluding carboxylic acids is 1. The van der Waals surface area contributed by atoms with Crippen molar-refractivity contribution in [1.82, 2.24) is 5.32 Å². The largest absolute Gasteiger partial charge is 0.480 e. The molecule has 0 unspecified atom stereocenters. The first-order valence-corrected chi connectivity index (χ1v) is 8.71. The van der Waals surface area contributed by atoms with Crippen LogP contribution in [0.25, 0.3) is 0 Å². The van der Waals surface area contributed by atoms with Crippen LogP contribution >= 0.6 is 0 Å². The molecule has 7 nitrogen and oxygen atoms in total. The Morgan fingerprint density at radius 2 is 1.65 bits per heavy atom. The van der Waals surface area contributed by atoms with E-state index in [1.165, 1.54) is 0 Å². The van der Waals surface area contributed by atoms with Gasteiger partial charge in [0, 0.05) is 12.8 Å². The molecule has 0 spiro atoms. The summed E-state index contributed by atoms with van der Waals surface area (Å²) in [6.45, 7) is 5.75. The number of hydrogen-bond donors (Lipinski definition) is 4. The van der Waals surface area contributed by atoms with Crippen molar-refractivity contribution in [3.8, 4) is 0 Å². The van der Waals surface area contributed by atoms with Crippen LogP contribution in [0.15, 0.2) is 30.3 Å². The predicted octanol–water partition coefficient (Wildman–Crippen LogP) is 2.04. The number of nitrogens with one attached hydrogen (secondary N) is 1.